The molecule has 2 atom stereocenters. The maximum absolute atomic E-state index is 4.38. The Bertz CT molecular complexity index is 274. The van der Waals surface area contributed by atoms with Crippen LogP contribution < -0.4 is 5.32 Å². The van der Waals surface area contributed by atoms with E-state index in [1.165, 1.54) is 22.9 Å². The zero-order valence-corrected chi connectivity index (χ0v) is 10.7. The van der Waals surface area contributed by atoms with Crippen LogP contribution in [0.1, 0.15) is 18.4 Å². The molecule has 2 nitrogen and oxygen atoms in total. The van der Waals surface area contributed by atoms with Crippen molar-refractivity contribution >= 4 is 23.1 Å². The molecular formula is C11H18N2S2. The summed E-state index contributed by atoms with van der Waals surface area (Å²) < 4.78 is 0. The van der Waals surface area contributed by atoms with Gasteiger partial charge in [0.1, 0.15) is 0 Å². The van der Waals surface area contributed by atoms with Crippen LogP contribution >= 0.6 is 23.1 Å². The highest BCUT2D eigenvalue weighted by atomic mass is 32.2. The first-order valence-corrected chi connectivity index (χ1v) is 7.63. The van der Waals surface area contributed by atoms with E-state index >= 15 is 0 Å². The Morgan fingerprint density at radius 3 is 3.20 bits per heavy atom. The van der Waals surface area contributed by atoms with E-state index in [0.29, 0.717) is 6.04 Å². The fraction of sp³-hybridized carbons (Fsp3) is 0.727. The number of nitrogens with zero attached hydrogens (tertiary/aromatic N) is 1. The van der Waals surface area contributed by atoms with Crippen molar-refractivity contribution in [1.82, 2.24) is 10.3 Å². The Kier molecular flexibility index (Phi) is 4.47. The summed E-state index contributed by atoms with van der Waals surface area (Å²) in [7, 11) is 0. The lowest BCUT2D eigenvalue weighted by Crippen LogP contribution is -2.36. The van der Waals surface area contributed by atoms with Crippen molar-refractivity contribution in [3.05, 3.63) is 16.6 Å². The average Bonchev–Trinajstić information content (AvgIpc) is 2.87. The monoisotopic (exact) mass is 242 g/mol. The van der Waals surface area contributed by atoms with Gasteiger partial charge in [0.05, 0.1) is 5.01 Å². The van der Waals surface area contributed by atoms with E-state index in [0.717, 1.165) is 18.9 Å². The van der Waals surface area contributed by atoms with Crippen LogP contribution in [0.5, 0.6) is 0 Å². The molecule has 0 radical (unpaired) electrons. The number of thiazole rings is 1. The van der Waals surface area contributed by atoms with Gasteiger partial charge in [-0.25, -0.2) is 4.98 Å². The molecule has 0 aromatic carbocycles. The van der Waals surface area contributed by atoms with Gasteiger partial charge in [-0.15, -0.1) is 11.3 Å². The Hall–Kier alpha value is -0.0600. The van der Waals surface area contributed by atoms with Gasteiger partial charge >= 0.3 is 0 Å². The number of aromatic nitrogens is 1. The quantitative estimate of drug-likeness (QED) is 0.858. The summed E-state index contributed by atoms with van der Waals surface area (Å²) in [5.74, 6) is 3.35. The van der Waals surface area contributed by atoms with Crippen molar-refractivity contribution in [3.63, 3.8) is 0 Å². The predicted octanol–water partition coefficient (Wildman–Crippen LogP) is 2.42. The van der Waals surface area contributed by atoms with Crippen LogP contribution in [0, 0.1) is 5.92 Å². The molecule has 1 aliphatic rings. The third-order valence-corrected chi connectivity index (χ3v) is 4.84. The summed E-state index contributed by atoms with van der Waals surface area (Å²) in [6, 6.07) is 0.707. The van der Waals surface area contributed by atoms with Gasteiger partial charge < -0.3 is 5.32 Å². The van der Waals surface area contributed by atoms with Gasteiger partial charge in [-0.05, 0) is 24.6 Å². The van der Waals surface area contributed by atoms with E-state index in [2.05, 4.69) is 34.4 Å². The number of hydrogen-bond donors (Lipinski definition) is 1. The van der Waals surface area contributed by atoms with Crippen LogP contribution in [-0.2, 0) is 6.42 Å². The van der Waals surface area contributed by atoms with Gasteiger partial charge in [-0.3, -0.25) is 0 Å². The molecule has 1 aromatic rings. The minimum atomic E-state index is 0.707. The number of rotatable bonds is 5. The number of nitrogens with one attached hydrogen (secondary N) is 1. The molecule has 0 aliphatic carbocycles. The van der Waals surface area contributed by atoms with E-state index in [9.17, 15) is 0 Å². The third kappa shape index (κ3) is 3.20. The van der Waals surface area contributed by atoms with E-state index < -0.39 is 0 Å². The van der Waals surface area contributed by atoms with E-state index in [-0.39, 0.29) is 0 Å². The molecule has 1 saturated heterocycles. The first-order chi connectivity index (χ1) is 7.40. The summed E-state index contributed by atoms with van der Waals surface area (Å²) in [6.07, 6.45) is 4.30. The van der Waals surface area contributed by atoms with Crippen molar-refractivity contribution < 1.29 is 0 Å². The Morgan fingerprint density at radius 2 is 2.47 bits per heavy atom. The van der Waals surface area contributed by atoms with Gasteiger partial charge in [-0.2, -0.15) is 11.8 Å². The Balaban J connectivity index is 1.85. The SMILES string of the molecule is CCCNC1CSCC1Cc1nccs1. The van der Waals surface area contributed by atoms with E-state index in [1.807, 2.05) is 6.20 Å². The second-order valence-corrected chi connectivity index (χ2v) is 6.04. The van der Waals surface area contributed by atoms with Crippen LogP contribution in [0.4, 0.5) is 0 Å². The van der Waals surface area contributed by atoms with Gasteiger partial charge in [0.25, 0.3) is 0 Å². The van der Waals surface area contributed by atoms with Crippen LogP contribution in [0.25, 0.3) is 0 Å². The van der Waals surface area contributed by atoms with Crippen molar-refractivity contribution in [1.29, 1.82) is 0 Å². The minimum absolute atomic E-state index is 0.707. The second kappa shape index (κ2) is 5.87. The van der Waals surface area contributed by atoms with E-state index in [1.54, 1.807) is 11.3 Å². The molecule has 0 spiro atoms. The Labute approximate surface area is 99.9 Å². The first-order valence-electron chi connectivity index (χ1n) is 5.59. The van der Waals surface area contributed by atoms with E-state index in [4.69, 9.17) is 0 Å². The molecule has 0 bridgehead atoms. The molecular weight excluding hydrogens is 224 g/mol. The van der Waals surface area contributed by atoms with Crippen molar-refractivity contribution in [3.8, 4) is 0 Å². The maximum atomic E-state index is 4.38. The molecule has 15 heavy (non-hydrogen) atoms. The van der Waals surface area contributed by atoms with Gasteiger partial charge in [-0.1, -0.05) is 6.92 Å². The zero-order chi connectivity index (χ0) is 10.5. The van der Waals surface area contributed by atoms with Crippen LogP contribution in [-0.4, -0.2) is 29.1 Å². The summed E-state index contributed by atoms with van der Waals surface area (Å²) in [6.45, 7) is 3.38. The standard InChI is InChI=1S/C11H18N2S2/c1-2-3-12-10-8-14-7-9(10)6-11-13-4-5-15-11/h4-5,9-10,12H,2-3,6-8H2,1H3. The topological polar surface area (TPSA) is 24.9 Å². The zero-order valence-electron chi connectivity index (χ0n) is 9.11. The highest BCUT2D eigenvalue weighted by Crippen LogP contribution is 2.27. The largest absolute Gasteiger partial charge is 0.313 e. The smallest absolute Gasteiger partial charge is 0.0928 e. The van der Waals surface area contributed by atoms with Gasteiger partial charge in [0.15, 0.2) is 0 Å². The number of thioether (sulfide) groups is 1. The molecule has 84 valence electrons. The lowest BCUT2D eigenvalue weighted by atomic mass is 10.0. The van der Waals surface area contributed by atoms with Crippen LogP contribution in [0.3, 0.4) is 0 Å². The predicted molar refractivity (Wildman–Crippen MR) is 68.7 cm³/mol. The van der Waals surface area contributed by atoms with Crippen LogP contribution in [0.15, 0.2) is 11.6 Å². The molecule has 2 rings (SSSR count). The Morgan fingerprint density at radius 1 is 1.53 bits per heavy atom. The molecule has 2 unspecified atom stereocenters. The van der Waals surface area contributed by atoms with Crippen molar-refractivity contribution in [2.24, 2.45) is 5.92 Å². The highest BCUT2D eigenvalue weighted by molar-refractivity contribution is 7.99. The first kappa shape index (κ1) is 11.4. The summed E-state index contributed by atoms with van der Waals surface area (Å²) in [5.41, 5.74) is 0. The second-order valence-electron chi connectivity index (χ2n) is 3.99. The minimum Gasteiger partial charge on any atom is -0.313 e. The third-order valence-electron chi connectivity index (χ3n) is 2.78. The molecule has 1 N–H and O–H groups in total. The molecule has 2 heterocycles. The molecule has 1 fully saturated rings. The molecule has 1 aromatic heterocycles. The average molecular weight is 242 g/mol. The fourth-order valence-electron chi connectivity index (χ4n) is 1.93. The lowest BCUT2D eigenvalue weighted by Gasteiger charge is -2.18. The molecule has 0 saturated carbocycles. The molecule has 1 aliphatic heterocycles. The maximum Gasteiger partial charge on any atom is 0.0928 e. The molecule has 4 heteroatoms. The van der Waals surface area contributed by atoms with Gasteiger partial charge in [0.2, 0.25) is 0 Å². The highest BCUT2D eigenvalue weighted by Gasteiger charge is 2.27. The van der Waals surface area contributed by atoms with Gasteiger partial charge in [0, 0.05) is 29.8 Å². The fourth-order valence-corrected chi connectivity index (χ4v) is 4.08. The van der Waals surface area contributed by atoms with Crippen LogP contribution in [0.2, 0.25) is 0 Å². The summed E-state index contributed by atoms with van der Waals surface area (Å²) >= 11 is 3.86. The lowest BCUT2D eigenvalue weighted by molar-refractivity contribution is 0.425. The number of hydrogen-bond acceptors (Lipinski definition) is 4. The summed E-state index contributed by atoms with van der Waals surface area (Å²) in [5, 5.41) is 7.02. The van der Waals surface area contributed by atoms with Crippen molar-refractivity contribution in [2.45, 2.75) is 25.8 Å². The normalized spacial score (nSPS) is 25.9. The summed E-state index contributed by atoms with van der Waals surface area (Å²) in [4.78, 5) is 4.38. The van der Waals surface area contributed by atoms with Crippen molar-refractivity contribution in [2.75, 3.05) is 18.1 Å². The molecule has 0 amide bonds.